The summed E-state index contributed by atoms with van der Waals surface area (Å²) in [5.41, 5.74) is 9.28. The quantitative estimate of drug-likeness (QED) is 0.754. The summed E-state index contributed by atoms with van der Waals surface area (Å²) in [6.45, 7) is 6.59. The second-order valence-corrected chi connectivity index (χ2v) is 5.64. The zero-order chi connectivity index (χ0) is 17.1. The molecule has 5 nitrogen and oxygen atoms in total. The van der Waals surface area contributed by atoms with Gasteiger partial charge in [0.15, 0.2) is 0 Å². The van der Waals surface area contributed by atoms with Crippen LogP contribution in [0.4, 0.5) is 5.95 Å². The first-order valence-electron chi connectivity index (χ1n) is 7.91. The van der Waals surface area contributed by atoms with E-state index < -0.39 is 0 Å². The molecule has 0 fully saturated rings. The van der Waals surface area contributed by atoms with Crippen molar-refractivity contribution in [2.75, 3.05) is 5.32 Å². The monoisotopic (exact) mass is 320 g/mol. The van der Waals surface area contributed by atoms with Gasteiger partial charge in [0, 0.05) is 17.8 Å². The zero-order valence-corrected chi connectivity index (χ0v) is 13.6. The molecule has 3 aromatic rings. The number of nitrogens with one attached hydrogen (secondary N) is 1. The van der Waals surface area contributed by atoms with Gasteiger partial charge in [-0.25, -0.2) is 4.98 Å². The van der Waals surface area contributed by atoms with Crippen molar-refractivity contribution < 1.29 is 4.79 Å². The molecule has 5 heteroatoms. The predicted molar refractivity (Wildman–Crippen MR) is 97.6 cm³/mol. The Morgan fingerprint density at radius 3 is 2.71 bits per heavy atom. The van der Waals surface area contributed by atoms with Crippen molar-refractivity contribution in [1.29, 1.82) is 0 Å². The third-order valence-corrected chi connectivity index (χ3v) is 3.82. The van der Waals surface area contributed by atoms with Crippen molar-refractivity contribution in [3.8, 4) is 0 Å². The molecule has 1 amide bonds. The highest BCUT2D eigenvalue weighted by Gasteiger charge is 2.14. The number of para-hydroxylation sites is 2. The molecule has 0 radical (unpaired) electrons. The lowest BCUT2D eigenvalue weighted by atomic mass is 10.1. The van der Waals surface area contributed by atoms with E-state index in [1.165, 1.54) is 0 Å². The number of hydrogen-bond acceptors (Lipinski definition) is 3. The van der Waals surface area contributed by atoms with E-state index in [4.69, 9.17) is 5.73 Å². The third kappa shape index (κ3) is 3.01. The predicted octanol–water partition coefficient (Wildman–Crippen LogP) is 3.63. The summed E-state index contributed by atoms with van der Waals surface area (Å²) < 4.78 is 2.03. The minimum atomic E-state index is -0.217. The minimum absolute atomic E-state index is 0.217. The summed E-state index contributed by atoms with van der Waals surface area (Å²) >= 11 is 0. The van der Waals surface area contributed by atoms with Crippen molar-refractivity contribution in [3.63, 3.8) is 0 Å². The Labute approximate surface area is 140 Å². The highest BCUT2D eigenvalue weighted by Crippen LogP contribution is 2.21. The highest BCUT2D eigenvalue weighted by molar-refractivity contribution is 6.04. The fraction of sp³-hybridized carbons (Fsp3) is 0.158. The van der Waals surface area contributed by atoms with Gasteiger partial charge in [-0.05, 0) is 36.2 Å². The van der Waals surface area contributed by atoms with Crippen LogP contribution in [0.15, 0.2) is 55.1 Å². The molecule has 24 heavy (non-hydrogen) atoms. The van der Waals surface area contributed by atoms with Crippen molar-refractivity contribution >= 4 is 28.6 Å². The molecule has 0 aliphatic rings. The van der Waals surface area contributed by atoms with Crippen LogP contribution in [0.2, 0.25) is 0 Å². The third-order valence-electron chi connectivity index (χ3n) is 3.82. The second-order valence-electron chi connectivity index (χ2n) is 5.64. The first kappa shape index (κ1) is 15.8. The lowest BCUT2D eigenvalue weighted by Crippen LogP contribution is -2.16. The van der Waals surface area contributed by atoms with E-state index in [9.17, 15) is 4.79 Å². The SMILES string of the molecule is C=C(N)c1cccc(C(=O)Nc2nc3ccccc3n2CCC)c1. The van der Waals surface area contributed by atoms with E-state index >= 15 is 0 Å². The molecule has 2 aromatic carbocycles. The molecule has 0 saturated heterocycles. The van der Waals surface area contributed by atoms with Gasteiger partial charge in [-0.2, -0.15) is 0 Å². The standard InChI is InChI=1S/C19H20N4O/c1-3-11-23-17-10-5-4-9-16(17)21-19(23)22-18(24)15-8-6-7-14(12-15)13(2)20/h4-10,12H,2-3,11,20H2,1H3,(H,21,22,24). The van der Waals surface area contributed by atoms with Crippen LogP contribution < -0.4 is 11.1 Å². The number of nitrogens with zero attached hydrogens (tertiary/aromatic N) is 2. The molecule has 122 valence electrons. The molecular weight excluding hydrogens is 300 g/mol. The van der Waals surface area contributed by atoms with Crippen LogP contribution in [-0.2, 0) is 6.54 Å². The lowest BCUT2D eigenvalue weighted by Gasteiger charge is -2.09. The number of nitrogens with two attached hydrogens (primary N) is 1. The van der Waals surface area contributed by atoms with Crippen molar-refractivity contribution in [1.82, 2.24) is 9.55 Å². The zero-order valence-electron chi connectivity index (χ0n) is 13.6. The van der Waals surface area contributed by atoms with Gasteiger partial charge in [0.25, 0.3) is 5.91 Å². The van der Waals surface area contributed by atoms with Crippen LogP contribution >= 0.6 is 0 Å². The number of aromatic nitrogens is 2. The van der Waals surface area contributed by atoms with Crippen molar-refractivity contribution in [2.45, 2.75) is 19.9 Å². The summed E-state index contributed by atoms with van der Waals surface area (Å²) in [7, 11) is 0. The molecule has 0 unspecified atom stereocenters. The van der Waals surface area contributed by atoms with Crippen LogP contribution in [0.3, 0.4) is 0 Å². The normalized spacial score (nSPS) is 10.7. The highest BCUT2D eigenvalue weighted by atomic mass is 16.1. The molecule has 0 aliphatic carbocycles. The number of fused-ring (bicyclic) bond motifs is 1. The van der Waals surface area contributed by atoms with E-state index in [2.05, 4.69) is 23.8 Å². The van der Waals surface area contributed by atoms with E-state index in [1.807, 2.05) is 34.9 Å². The maximum absolute atomic E-state index is 12.6. The molecule has 0 bridgehead atoms. The largest absolute Gasteiger partial charge is 0.399 e. The number of imidazole rings is 1. The van der Waals surface area contributed by atoms with Gasteiger partial charge in [-0.3, -0.25) is 10.1 Å². The maximum Gasteiger partial charge on any atom is 0.257 e. The number of amides is 1. The summed E-state index contributed by atoms with van der Waals surface area (Å²) in [5, 5.41) is 2.91. The van der Waals surface area contributed by atoms with Gasteiger partial charge in [0.05, 0.1) is 11.0 Å². The second kappa shape index (κ2) is 6.58. The summed E-state index contributed by atoms with van der Waals surface area (Å²) in [4.78, 5) is 17.1. The molecule has 1 aromatic heterocycles. The minimum Gasteiger partial charge on any atom is -0.399 e. The Morgan fingerprint density at radius 1 is 1.21 bits per heavy atom. The molecule has 3 N–H and O–H groups in total. The van der Waals surface area contributed by atoms with Crippen LogP contribution in [0.25, 0.3) is 16.7 Å². The number of carbonyl (C=O) groups is 1. The summed E-state index contributed by atoms with van der Waals surface area (Å²) in [6.07, 6.45) is 0.950. The van der Waals surface area contributed by atoms with E-state index in [0.29, 0.717) is 17.2 Å². The van der Waals surface area contributed by atoms with Crippen LogP contribution in [-0.4, -0.2) is 15.5 Å². The molecular formula is C19H20N4O. The van der Waals surface area contributed by atoms with Crippen LogP contribution in [0, 0.1) is 0 Å². The van der Waals surface area contributed by atoms with E-state index in [1.54, 1.807) is 18.2 Å². The smallest absolute Gasteiger partial charge is 0.257 e. The average molecular weight is 320 g/mol. The number of carbonyl (C=O) groups excluding carboxylic acids is 1. The van der Waals surface area contributed by atoms with Gasteiger partial charge in [-0.15, -0.1) is 0 Å². The van der Waals surface area contributed by atoms with Gasteiger partial charge in [0.2, 0.25) is 5.95 Å². The number of anilines is 1. The van der Waals surface area contributed by atoms with Crippen LogP contribution in [0.1, 0.15) is 29.3 Å². The van der Waals surface area contributed by atoms with Crippen molar-refractivity contribution in [2.24, 2.45) is 5.73 Å². The molecule has 0 atom stereocenters. The average Bonchev–Trinajstić information content (AvgIpc) is 2.93. The Balaban J connectivity index is 1.94. The lowest BCUT2D eigenvalue weighted by molar-refractivity contribution is 0.102. The van der Waals surface area contributed by atoms with Crippen molar-refractivity contribution in [3.05, 3.63) is 66.2 Å². The number of rotatable bonds is 5. The molecule has 1 heterocycles. The summed E-state index contributed by atoms with van der Waals surface area (Å²) in [5.74, 6) is 0.339. The Hall–Kier alpha value is -3.08. The van der Waals surface area contributed by atoms with E-state index in [-0.39, 0.29) is 5.91 Å². The Kier molecular flexibility index (Phi) is 4.33. The number of aryl methyl sites for hydroxylation is 1. The summed E-state index contributed by atoms with van der Waals surface area (Å²) in [6, 6.07) is 14.9. The fourth-order valence-electron chi connectivity index (χ4n) is 2.65. The van der Waals surface area contributed by atoms with E-state index in [0.717, 1.165) is 29.6 Å². The first-order chi connectivity index (χ1) is 11.6. The van der Waals surface area contributed by atoms with Gasteiger partial charge in [0.1, 0.15) is 0 Å². The number of benzene rings is 2. The molecule has 0 aliphatic heterocycles. The van der Waals surface area contributed by atoms with Gasteiger partial charge >= 0.3 is 0 Å². The fourth-order valence-corrected chi connectivity index (χ4v) is 2.65. The van der Waals surface area contributed by atoms with Crippen LogP contribution in [0.5, 0.6) is 0 Å². The molecule has 3 rings (SSSR count). The maximum atomic E-state index is 12.6. The molecule has 0 spiro atoms. The molecule has 0 saturated carbocycles. The topological polar surface area (TPSA) is 72.9 Å². The first-order valence-corrected chi connectivity index (χ1v) is 7.91. The van der Waals surface area contributed by atoms with Gasteiger partial charge in [-0.1, -0.05) is 37.8 Å². The Morgan fingerprint density at radius 2 is 1.96 bits per heavy atom. The van der Waals surface area contributed by atoms with Gasteiger partial charge < -0.3 is 10.3 Å². The number of hydrogen-bond donors (Lipinski definition) is 2. The Bertz CT molecular complexity index is 911.